The molecule has 0 aliphatic carbocycles. The molecule has 1 amide bonds. The van der Waals surface area contributed by atoms with Crippen molar-refractivity contribution in [3.8, 4) is 5.75 Å². The number of carbonyl (C=O) groups is 1. The fourth-order valence-corrected chi connectivity index (χ4v) is 2.58. The van der Waals surface area contributed by atoms with Gasteiger partial charge in [-0.3, -0.25) is 9.69 Å². The van der Waals surface area contributed by atoms with E-state index in [1.165, 1.54) is 5.56 Å². The summed E-state index contributed by atoms with van der Waals surface area (Å²) in [6.07, 6.45) is 1.68. The maximum Gasteiger partial charge on any atom is 0.266 e. The highest BCUT2D eigenvalue weighted by molar-refractivity contribution is 9.10. The van der Waals surface area contributed by atoms with Gasteiger partial charge in [-0.25, -0.2) is 4.98 Å². The largest absolute Gasteiger partial charge is 0.483 e. The van der Waals surface area contributed by atoms with Crippen LogP contribution < -0.4 is 9.64 Å². The summed E-state index contributed by atoms with van der Waals surface area (Å²) in [6, 6.07) is 9.83. The highest BCUT2D eigenvalue weighted by Crippen LogP contribution is 2.24. The second kappa shape index (κ2) is 8.29. The summed E-state index contributed by atoms with van der Waals surface area (Å²) < 4.78 is 6.67. The Labute approximate surface area is 152 Å². The fourth-order valence-electron chi connectivity index (χ4n) is 2.34. The maximum absolute atomic E-state index is 12.5. The summed E-state index contributed by atoms with van der Waals surface area (Å²) >= 11 is 3.35. The van der Waals surface area contributed by atoms with E-state index in [1.54, 1.807) is 11.1 Å². The lowest BCUT2D eigenvalue weighted by Gasteiger charge is -2.20. The molecule has 0 saturated carbocycles. The van der Waals surface area contributed by atoms with Crippen molar-refractivity contribution in [3.63, 3.8) is 0 Å². The topological polar surface area (TPSA) is 42.4 Å². The number of nitrogens with zero attached hydrogens (tertiary/aromatic N) is 2. The van der Waals surface area contributed by atoms with Gasteiger partial charge in [0.2, 0.25) is 0 Å². The molecule has 0 aliphatic heterocycles. The lowest BCUT2D eigenvalue weighted by Crippen LogP contribution is -2.35. The fraction of sp³-hybridized carbons (Fsp3) is 0.368. The van der Waals surface area contributed by atoms with Crippen LogP contribution in [0.5, 0.6) is 5.75 Å². The van der Waals surface area contributed by atoms with E-state index in [-0.39, 0.29) is 12.5 Å². The van der Waals surface area contributed by atoms with Crippen molar-refractivity contribution in [3.05, 3.63) is 52.1 Å². The van der Waals surface area contributed by atoms with Crippen LogP contribution in [0.1, 0.15) is 37.8 Å². The third kappa shape index (κ3) is 4.57. The summed E-state index contributed by atoms with van der Waals surface area (Å²) in [6.45, 7) is 8.72. The number of anilines is 1. The molecule has 0 aliphatic rings. The molecule has 2 rings (SSSR count). The van der Waals surface area contributed by atoms with Crippen LogP contribution in [-0.4, -0.2) is 24.0 Å². The number of ether oxygens (including phenoxy) is 1. The molecule has 0 unspecified atom stereocenters. The van der Waals surface area contributed by atoms with Crippen LogP contribution >= 0.6 is 15.9 Å². The van der Waals surface area contributed by atoms with Crippen molar-refractivity contribution < 1.29 is 9.53 Å². The average Bonchev–Trinajstić information content (AvgIpc) is 2.56. The monoisotopic (exact) mass is 390 g/mol. The lowest BCUT2D eigenvalue weighted by molar-refractivity contribution is -0.120. The van der Waals surface area contributed by atoms with E-state index in [1.807, 2.05) is 38.1 Å². The van der Waals surface area contributed by atoms with Gasteiger partial charge in [0.15, 0.2) is 6.61 Å². The van der Waals surface area contributed by atoms with Crippen LogP contribution in [0.3, 0.4) is 0 Å². The van der Waals surface area contributed by atoms with Crippen LogP contribution in [-0.2, 0) is 4.79 Å². The van der Waals surface area contributed by atoms with Crippen molar-refractivity contribution in [2.24, 2.45) is 0 Å². The van der Waals surface area contributed by atoms with E-state index < -0.39 is 0 Å². The smallest absolute Gasteiger partial charge is 0.266 e. The average molecular weight is 391 g/mol. The first-order chi connectivity index (χ1) is 11.4. The Morgan fingerprint density at radius 2 is 2.04 bits per heavy atom. The Morgan fingerprint density at radius 3 is 2.62 bits per heavy atom. The molecule has 0 N–H and O–H groups in total. The summed E-state index contributed by atoms with van der Waals surface area (Å²) in [4.78, 5) is 18.4. The Bertz CT molecular complexity index is 699. The molecule has 0 saturated heterocycles. The minimum Gasteiger partial charge on any atom is -0.483 e. The van der Waals surface area contributed by atoms with Gasteiger partial charge in [0, 0.05) is 17.2 Å². The van der Waals surface area contributed by atoms with Gasteiger partial charge < -0.3 is 4.74 Å². The van der Waals surface area contributed by atoms with Crippen LogP contribution in [0.25, 0.3) is 0 Å². The zero-order chi connectivity index (χ0) is 17.7. The van der Waals surface area contributed by atoms with E-state index >= 15 is 0 Å². The molecule has 2 aromatic rings. The zero-order valence-corrected chi connectivity index (χ0v) is 16.1. The Morgan fingerprint density at radius 1 is 1.29 bits per heavy atom. The molecule has 4 nitrogen and oxygen atoms in total. The maximum atomic E-state index is 12.5. The summed E-state index contributed by atoms with van der Waals surface area (Å²) in [5.41, 5.74) is 2.22. The number of carbonyl (C=O) groups excluding carboxylic acids is 1. The molecule has 0 fully saturated rings. The van der Waals surface area contributed by atoms with Crippen LogP contribution in [0.15, 0.2) is 41.0 Å². The SMILES string of the molecule is CCN(C(=O)COc1cc(C(C)C)ccc1C)c1ccc(Br)cn1. The van der Waals surface area contributed by atoms with Crippen LogP contribution in [0.2, 0.25) is 0 Å². The number of hydrogen-bond acceptors (Lipinski definition) is 3. The molecule has 1 aromatic heterocycles. The molecule has 5 heteroatoms. The molecule has 0 bridgehead atoms. The first-order valence-corrected chi connectivity index (χ1v) is 8.87. The van der Waals surface area contributed by atoms with Gasteiger partial charge in [-0.2, -0.15) is 0 Å². The highest BCUT2D eigenvalue weighted by Gasteiger charge is 2.16. The number of amides is 1. The second-order valence-electron chi connectivity index (χ2n) is 5.94. The first kappa shape index (κ1) is 18.5. The second-order valence-corrected chi connectivity index (χ2v) is 6.86. The standard InChI is InChI=1S/C19H23BrN2O2/c1-5-22(18-9-8-16(20)11-21-18)19(23)12-24-17-10-15(13(2)3)7-6-14(17)4/h6-11,13H,5,12H2,1-4H3. The van der Waals surface area contributed by atoms with E-state index in [4.69, 9.17) is 4.74 Å². The van der Waals surface area contributed by atoms with E-state index in [0.717, 1.165) is 15.8 Å². The molecule has 1 heterocycles. The van der Waals surface area contributed by atoms with Crippen LogP contribution in [0.4, 0.5) is 5.82 Å². The number of aryl methyl sites for hydroxylation is 1. The van der Waals surface area contributed by atoms with Gasteiger partial charge in [0.05, 0.1) is 0 Å². The first-order valence-electron chi connectivity index (χ1n) is 8.07. The quantitative estimate of drug-likeness (QED) is 0.717. The minimum atomic E-state index is -0.110. The predicted molar refractivity (Wildman–Crippen MR) is 101 cm³/mol. The number of rotatable bonds is 6. The Kier molecular flexibility index (Phi) is 6.37. The van der Waals surface area contributed by atoms with Crippen LogP contribution in [0, 0.1) is 6.92 Å². The molecule has 0 radical (unpaired) electrons. The third-order valence-electron chi connectivity index (χ3n) is 3.84. The highest BCUT2D eigenvalue weighted by atomic mass is 79.9. The number of hydrogen-bond donors (Lipinski definition) is 0. The minimum absolute atomic E-state index is 0.00598. The van der Waals surface area contributed by atoms with Gasteiger partial charge in [-0.1, -0.05) is 26.0 Å². The van der Waals surface area contributed by atoms with Crippen molar-refractivity contribution in [1.82, 2.24) is 4.98 Å². The summed E-state index contributed by atoms with van der Waals surface area (Å²) in [7, 11) is 0. The summed E-state index contributed by atoms with van der Waals surface area (Å²) in [5, 5.41) is 0. The summed E-state index contributed by atoms with van der Waals surface area (Å²) in [5.74, 6) is 1.70. The van der Waals surface area contributed by atoms with Gasteiger partial charge >= 0.3 is 0 Å². The normalized spacial score (nSPS) is 10.8. The van der Waals surface area contributed by atoms with E-state index in [2.05, 4.69) is 40.8 Å². The van der Waals surface area contributed by atoms with Crippen molar-refractivity contribution in [1.29, 1.82) is 0 Å². The van der Waals surface area contributed by atoms with Gasteiger partial charge in [-0.15, -0.1) is 0 Å². The third-order valence-corrected chi connectivity index (χ3v) is 4.30. The zero-order valence-electron chi connectivity index (χ0n) is 14.5. The molecule has 128 valence electrons. The number of pyridine rings is 1. The Hall–Kier alpha value is -1.88. The van der Waals surface area contributed by atoms with Crippen molar-refractivity contribution in [2.75, 3.05) is 18.1 Å². The number of aromatic nitrogens is 1. The van der Waals surface area contributed by atoms with Gasteiger partial charge in [0.25, 0.3) is 5.91 Å². The molecule has 0 spiro atoms. The molecular weight excluding hydrogens is 368 g/mol. The van der Waals surface area contributed by atoms with E-state index in [9.17, 15) is 4.79 Å². The molecular formula is C19H23BrN2O2. The lowest BCUT2D eigenvalue weighted by atomic mass is 10.0. The number of halogens is 1. The van der Waals surface area contributed by atoms with Gasteiger partial charge in [0.1, 0.15) is 11.6 Å². The number of likely N-dealkylation sites (N-methyl/N-ethyl adjacent to an activating group) is 1. The number of benzene rings is 1. The molecule has 0 atom stereocenters. The molecule has 1 aromatic carbocycles. The van der Waals surface area contributed by atoms with Gasteiger partial charge in [-0.05, 0) is 65.0 Å². The molecule has 24 heavy (non-hydrogen) atoms. The van der Waals surface area contributed by atoms with Crippen molar-refractivity contribution >= 4 is 27.7 Å². The predicted octanol–water partition coefficient (Wildman–Crippen LogP) is 4.71. The Balaban J connectivity index is 2.09. The van der Waals surface area contributed by atoms with E-state index in [0.29, 0.717) is 18.3 Å². The van der Waals surface area contributed by atoms with Crippen molar-refractivity contribution in [2.45, 2.75) is 33.6 Å².